The minimum absolute atomic E-state index is 0.324. The van der Waals surface area contributed by atoms with E-state index in [1.807, 2.05) is 6.08 Å². The first kappa shape index (κ1) is 22.7. The van der Waals surface area contributed by atoms with Gasteiger partial charge in [-0.3, -0.25) is 4.79 Å². The quantitative estimate of drug-likeness (QED) is 0.292. The van der Waals surface area contributed by atoms with Gasteiger partial charge in [-0.15, -0.1) is 6.58 Å². The lowest BCUT2D eigenvalue weighted by Crippen LogP contribution is -2.39. The molecule has 1 amide bonds. The molecule has 0 unspecified atom stereocenters. The Labute approximate surface area is 163 Å². The van der Waals surface area contributed by atoms with Crippen LogP contribution in [-0.4, -0.2) is 31.6 Å². The second-order valence-corrected chi connectivity index (χ2v) is 6.65. The van der Waals surface area contributed by atoms with E-state index in [4.69, 9.17) is 9.47 Å². The molecule has 0 aliphatic rings. The van der Waals surface area contributed by atoms with Gasteiger partial charge in [-0.2, -0.15) is 0 Å². The molecule has 0 heterocycles. The van der Waals surface area contributed by atoms with Crippen molar-refractivity contribution in [1.29, 1.82) is 0 Å². The van der Waals surface area contributed by atoms with Crippen molar-refractivity contribution in [2.75, 3.05) is 13.7 Å². The van der Waals surface area contributed by atoms with E-state index in [0.717, 1.165) is 25.7 Å². The molecule has 0 radical (unpaired) electrons. The van der Waals surface area contributed by atoms with Gasteiger partial charge in [-0.25, -0.2) is 4.79 Å². The molecule has 1 rings (SSSR count). The van der Waals surface area contributed by atoms with E-state index in [0.29, 0.717) is 17.9 Å². The van der Waals surface area contributed by atoms with Crippen molar-refractivity contribution in [1.82, 2.24) is 5.32 Å². The van der Waals surface area contributed by atoms with Crippen molar-refractivity contribution < 1.29 is 19.1 Å². The van der Waals surface area contributed by atoms with Gasteiger partial charge in [-0.05, 0) is 44.4 Å². The van der Waals surface area contributed by atoms with Gasteiger partial charge in [0.15, 0.2) is 0 Å². The maximum absolute atomic E-state index is 12.2. The van der Waals surface area contributed by atoms with Crippen LogP contribution in [0.4, 0.5) is 0 Å². The zero-order valence-electron chi connectivity index (χ0n) is 16.7. The summed E-state index contributed by atoms with van der Waals surface area (Å²) in [4.78, 5) is 24.2. The molecular formula is C22H33NO4. The Hall–Kier alpha value is -2.30. The highest BCUT2D eigenvalue weighted by molar-refractivity contribution is 5.97. The van der Waals surface area contributed by atoms with Crippen LogP contribution in [-0.2, 0) is 9.53 Å². The molecular weight excluding hydrogens is 342 g/mol. The van der Waals surface area contributed by atoms with E-state index in [9.17, 15) is 9.59 Å². The normalized spacial score (nSPS) is 11.5. The third-order valence-electron chi connectivity index (χ3n) is 4.33. The van der Waals surface area contributed by atoms with Crippen LogP contribution < -0.4 is 10.1 Å². The molecule has 1 N–H and O–H groups in total. The van der Waals surface area contributed by atoms with Gasteiger partial charge in [0.2, 0.25) is 0 Å². The third-order valence-corrected chi connectivity index (χ3v) is 4.33. The molecule has 5 heteroatoms. The molecule has 0 fully saturated rings. The standard InChI is InChI=1S/C22H33NO4/c1-4-5-6-7-8-9-10-11-12-16-27-22(25)18(2)23-21(24)19-14-13-15-20(17-19)26-3/h4,13-15,17-18H,1,5-12,16H2,2-3H3,(H,23,24)/t18-/m0/s1. The van der Waals surface area contributed by atoms with E-state index < -0.39 is 12.0 Å². The summed E-state index contributed by atoms with van der Waals surface area (Å²) in [5.41, 5.74) is 0.446. The fraction of sp³-hybridized carbons (Fsp3) is 0.545. The number of ether oxygens (including phenoxy) is 2. The third kappa shape index (κ3) is 9.83. The summed E-state index contributed by atoms with van der Waals surface area (Å²) in [6.07, 6.45) is 11.1. The molecule has 1 aromatic rings. The smallest absolute Gasteiger partial charge is 0.328 e. The lowest BCUT2D eigenvalue weighted by atomic mass is 10.1. The average molecular weight is 376 g/mol. The Morgan fingerprint density at radius 1 is 1.11 bits per heavy atom. The van der Waals surface area contributed by atoms with Gasteiger partial charge in [0.05, 0.1) is 13.7 Å². The zero-order chi connectivity index (χ0) is 19.9. The van der Waals surface area contributed by atoms with Crippen LogP contribution in [0.25, 0.3) is 0 Å². The molecule has 0 aliphatic heterocycles. The highest BCUT2D eigenvalue weighted by Crippen LogP contribution is 2.12. The van der Waals surface area contributed by atoms with E-state index in [1.165, 1.54) is 25.7 Å². The Kier molecular flexibility index (Phi) is 11.7. The molecule has 5 nitrogen and oxygen atoms in total. The van der Waals surface area contributed by atoms with Gasteiger partial charge in [0, 0.05) is 5.56 Å². The van der Waals surface area contributed by atoms with Gasteiger partial charge in [0.25, 0.3) is 5.91 Å². The molecule has 0 saturated carbocycles. The number of unbranched alkanes of at least 4 members (excludes halogenated alkanes) is 7. The Balaban J connectivity index is 2.15. The lowest BCUT2D eigenvalue weighted by molar-refractivity contribution is -0.145. The Morgan fingerprint density at radius 3 is 2.44 bits per heavy atom. The monoisotopic (exact) mass is 375 g/mol. The lowest BCUT2D eigenvalue weighted by Gasteiger charge is -2.14. The number of nitrogens with one attached hydrogen (secondary N) is 1. The van der Waals surface area contributed by atoms with Crippen LogP contribution in [0, 0.1) is 0 Å². The van der Waals surface area contributed by atoms with Crippen LogP contribution in [0.2, 0.25) is 0 Å². The number of carbonyl (C=O) groups is 2. The van der Waals surface area contributed by atoms with Crippen molar-refractivity contribution in [2.24, 2.45) is 0 Å². The molecule has 0 saturated heterocycles. The summed E-state index contributed by atoms with van der Waals surface area (Å²) in [7, 11) is 1.54. The van der Waals surface area contributed by atoms with Gasteiger partial charge >= 0.3 is 5.97 Å². The first-order valence-corrected chi connectivity index (χ1v) is 9.81. The van der Waals surface area contributed by atoms with Crippen LogP contribution in [0.3, 0.4) is 0 Å². The van der Waals surface area contributed by atoms with Crippen LogP contribution in [0.15, 0.2) is 36.9 Å². The number of benzene rings is 1. The minimum Gasteiger partial charge on any atom is -0.497 e. The SMILES string of the molecule is C=CCCCCCCCCCOC(=O)[C@H](C)NC(=O)c1cccc(OC)c1. The number of carbonyl (C=O) groups excluding carboxylic acids is 2. The first-order chi connectivity index (χ1) is 13.1. The van der Waals surface area contributed by atoms with Crippen molar-refractivity contribution >= 4 is 11.9 Å². The molecule has 150 valence electrons. The molecule has 1 atom stereocenters. The number of allylic oxidation sites excluding steroid dienone is 1. The Morgan fingerprint density at radius 2 is 1.78 bits per heavy atom. The number of rotatable bonds is 14. The number of amides is 1. The van der Waals surface area contributed by atoms with Crippen LogP contribution in [0.1, 0.15) is 68.6 Å². The van der Waals surface area contributed by atoms with Gasteiger partial charge in [-0.1, -0.05) is 44.2 Å². The molecule has 0 aromatic heterocycles. The van der Waals surface area contributed by atoms with Crippen LogP contribution in [0.5, 0.6) is 5.75 Å². The predicted octanol–water partition coefficient (Wildman–Crippen LogP) is 4.66. The maximum atomic E-state index is 12.2. The fourth-order valence-corrected chi connectivity index (χ4v) is 2.68. The summed E-state index contributed by atoms with van der Waals surface area (Å²) in [6.45, 7) is 5.75. The van der Waals surface area contributed by atoms with E-state index >= 15 is 0 Å². The van der Waals surface area contributed by atoms with Crippen molar-refractivity contribution in [2.45, 2.75) is 64.3 Å². The second kappa shape index (κ2) is 13.8. The summed E-state index contributed by atoms with van der Waals surface area (Å²) in [6, 6.07) is 6.11. The molecule has 0 aliphatic carbocycles. The largest absolute Gasteiger partial charge is 0.497 e. The van der Waals surface area contributed by atoms with E-state index in [1.54, 1.807) is 38.3 Å². The maximum Gasteiger partial charge on any atom is 0.328 e. The van der Waals surface area contributed by atoms with Crippen LogP contribution >= 0.6 is 0 Å². The topological polar surface area (TPSA) is 64.6 Å². The molecule has 27 heavy (non-hydrogen) atoms. The summed E-state index contributed by atoms with van der Waals surface area (Å²) in [5, 5.41) is 2.66. The number of hydrogen-bond donors (Lipinski definition) is 1. The predicted molar refractivity (Wildman–Crippen MR) is 108 cm³/mol. The minimum atomic E-state index is -0.687. The van der Waals surface area contributed by atoms with Crippen molar-refractivity contribution in [3.8, 4) is 5.75 Å². The fourth-order valence-electron chi connectivity index (χ4n) is 2.68. The van der Waals surface area contributed by atoms with Gasteiger partial charge in [0.1, 0.15) is 11.8 Å². The number of hydrogen-bond acceptors (Lipinski definition) is 4. The number of esters is 1. The average Bonchev–Trinajstić information content (AvgIpc) is 2.69. The second-order valence-electron chi connectivity index (χ2n) is 6.65. The highest BCUT2D eigenvalue weighted by Gasteiger charge is 2.18. The first-order valence-electron chi connectivity index (χ1n) is 9.81. The Bertz CT molecular complexity index is 585. The summed E-state index contributed by atoms with van der Waals surface area (Å²) in [5.74, 6) is -0.135. The van der Waals surface area contributed by atoms with Crippen molar-refractivity contribution in [3.05, 3.63) is 42.5 Å². The molecule has 0 spiro atoms. The van der Waals surface area contributed by atoms with Gasteiger partial charge < -0.3 is 14.8 Å². The highest BCUT2D eigenvalue weighted by atomic mass is 16.5. The van der Waals surface area contributed by atoms with E-state index in [2.05, 4.69) is 11.9 Å². The summed E-state index contributed by atoms with van der Waals surface area (Å²) < 4.78 is 10.4. The van der Waals surface area contributed by atoms with E-state index in [-0.39, 0.29) is 5.91 Å². The summed E-state index contributed by atoms with van der Waals surface area (Å²) >= 11 is 0. The van der Waals surface area contributed by atoms with Crippen molar-refractivity contribution in [3.63, 3.8) is 0 Å². The molecule has 0 bridgehead atoms. The zero-order valence-corrected chi connectivity index (χ0v) is 16.7. The number of methoxy groups -OCH3 is 1. The molecule has 1 aromatic carbocycles.